The molecule has 0 unspecified atom stereocenters. The fourth-order valence-electron chi connectivity index (χ4n) is 4.76. The van der Waals surface area contributed by atoms with Gasteiger partial charge in [-0.3, -0.25) is 9.69 Å². The minimum atomic E-state index is -0.201. The fraction of sp³-hybridized carbons (Fsp3) is 0.360. The zero-order valence-corrected chi connectivity index (χ0v) is 19.3. The molecule has 33 heavy (non-hydrogen) atoms. The number of aromatic nitrogens is 1. The van der Waals surface area contributed by atoms with Crippen molar-refractivity contribution in [1.29, 1.82) is 0 Å². The van der Waals surface area contributed by atoms with Gasteiger partial charge in [-0.15, -0.1) is 0 Å². The van der Waals surface area contributed by atoms with E-state index in [4.69, 9.17) is 11.6 Å². The van der Waals surface area contributed by atoms with Crippen molar-refractivity contribution in [1.82, 2.24) is 25.0 Å². The number of rotatable bonds is 4. The summed E-state index contributed by atoms with van der Waals surface area (Å²) >= 11 is 6.15. The molecule has 1 fully saturated rings. The highest BCUT2D eigenvalue weighted by Crippen LogP contribution is 2.29. The monoisotopic (exact) mass is 465 g/mol. The van der Waals surface area contributed by atoms with E-state index >= 15 is 0 Å². The molecule has 0 radical (unpaired) electrons. The highest BCUT2D eigenvalue weighted by molar-refractivity contribution is 6.31. The van der Waals surface area contributed by atoms with Gasteiger partial charge in [0.2, 0.25) is 5.91 Å². The maximum absolute atomic E-state index is 12.7. The molecule has 3 amide bonds. The lowest BCUT2D eigenvalue weighted by Gasteiger charge is -2.35. The second kappa shape index (κ2) is 9.45. The lowest BCUT2D eigenvalue weighted by Crippen LogP contribution is -2.52. The number of benzene rings is 2. The highest BCUT2D eigenvalue weighted by atomic mass is 35.5. The third-order valence-corrected chi connectivity index (χ3v) is 6.82. The summed E-state index contributed by atoms with van der Waals surface area (Å²) in [5.41, 5.74) is 4.58. The lowest BCUT2D eigenvalue weighted by atomic mass is 10.0. The molecule has 0 atom stereocenters. The van der Waals surface area contributed by atoms with Crippen molar-refractivity contribution >= 4 is 34.4 Å². The zero-order chi connectivity index (χ0) is 22.8. The number of piperazine rings is 1. The Morgan fingerprint density at radius 1 is 0.970 bits per heavy atom. The molecule has 3 heterocycles. The number of nitrogens with zero attached hydrogens (tertiary/aromatic N) is 3. The van der Waals surface area contributed by atoms with Crippen LogP contribution in [-0.2, 0) is 24.3 Å². The maximum atomic E-state index is 12.7. The predicted octanol–water partition coefficient (Wildman–Crippen LogP) is 3.23. The van der Waals surface area contributed by atoms with Crippen LogP contribution in [0.5, 0.6) is 0 Å². The van der Waals surface area contributed by atoms with E-state index < -0.39 is 0 Å². The molecule has 1 saturated heterocycles. The van der Waals surface area contributed by atoms with Crippen LogP contribution in [-0.4, -0.2) is 70.9 Å². The van der Waals surface area contributed by atoms with Crippen LogP contribution in [0.1, 0.15) is 16.8 Å². The zero-order valence-electron chi connectivity index (χ0n) is 18.5. The number of fused-ring (bicyclic) bond motifs is 3. The molecule has 2 aliphatic heterocycles. The van der Waals surface area contributed by atoms with Crippen molar-refractivity contribution in [2.45, 2.75) is 19.5 Å². The molecule has 0 bridgehead atoms. The smallest absolute Gasteiger partial charge is 0.318 e. The van der Waals surface area contributed by atoms with Crippen LogP contribution < -0.4 is 5.32 Å². The standard InChI is InChI=1S/C25H28ClN5O2/c26-19-6-7-22-21(14-19)20-8-9-31(17-23(20)28-22)25(33)27-15-24(32)30-12-10-29(11-13-30)16-18-4-2-1-3-5-18/h1-7,14,28H,8-13,15-17H2,(H,27,33). The van der Waals surface area contributed by atoms with Crippen LogP contribution >= 0.6 is 11.6 Å². The average molecular weight is 466 g/mol. The third kappa shape index (κ3) is 4.84. The van der Waals surface area contributed by atoms with Crippen molar-refractivity contribution in [2.24, 2.45) is 0 Å². The molecule has 7 nitrogen and oxygen atoms in total. The van der Waals surface area contributed by atoms with E-state index in [-0.39, 0.29) is 18.5 Å². The molecular formula is C25H28ClN5O2. The van der Waals surface area contributed by atoms with Crippen molar-refractivity contribution in [3.8, 4) is 0 Å². The lowest BCUT2D eigenvalue weighted by molar-refractivity contribution is -0.131. The Morgan fingerprint density at radius 2 is 1.76 bits per heavy atom. The Kier molecular flexibility index (Phi) is 6.24. The second-order valence-electron chi connectivity index (χ2n) is 8.74. The van der Waals surface area contributed by atoms with E-state index in [1.54, 1.807) is 4.90 Å². The molecule has 2 aromatic carbocycles. The SMILES string of the molecule is O=C(CNC(=O)N1CCc2c([nH]c3ccc(Cl)cc23)C1)N1CCN(Cc2ccccc2)CC1. The molecule has 1 aromatic heterocycles. The van der Waals surface area contributed by atoms with E-state index in [0.717, 1.165) is 42.7 Å². The van der Waals surface area contributed by atoms with Crippen LogP contribution in [0.2, 0.25) is 5.02 Å². The number of hydrogen-bond donors (Lipinski definition) is 2. The summed E-state index contributed by atoms with van der Waals surface area (Å²) in [5.74, 6) is -0.0272. The minimum absolute atomic E-state index is 0.0272. The van der Waals surface area contributed by atoms with Crippen molar-refractivity contribution in [2.75, 3.05) is 39.3 Å². The summed E-state index contributed by atoms with van der Waals surface area (Å²) < 4.78 is 0. The first-order chi connectivity index (χ1) is 16.1. The maximum Gasteiger partial charge on any atom is 0.318 e. The van der Waals surface area contributed by atoms with Gasteiger partial charge in [-0.05, 0) is 35.7 Å². The quantitative estimate of drug-likeness (QED) is 0.621. The second-order valence-corrected chi connectivity index (χ2v) is 9.18. The van der Waals surface area contributed by atoms with Gasteiger partial charge in [0, 0.05) is 60.9 Å². The van der Waals surface area contributed by atoms with Crippen LogP contribution in [0.4, 0.5) is 4.79 Å². The first-order valence-electron chi connectivity index (χ1n) is 11.4. The van der Waals surface area contributed by atoms with E-state index in [9.17, 15) is 9.59 Å². The van der Waals surface area contributed by atoms with Gasteiger partial charge < -0.3 is 20.1 Å². The van der Waals surface area contributed by atoms with Crippen LogP contribution in [0.25, 0.3) is 10.9 Å². The first kappa shape index (κ1) is 21.8. The minimum Gasteiger partial charge on any atom is -0.357 e. The molecule has 0 aliphatic carbocycles. The number of carbonyl (C=O) groups excluding carboxylic acids is 2. The largest absolute Gasteiger partial charge is 0.357 e. The Morgan fingerprint density at radius 3 is 2.55 bits per heavy atom. The normalized spacial score (nSPS) is 16.6. The van der Waals surface area contributed by atoms with E-state index in [0.29, 0.717) is 31.2 Å². The number of carbonyl (C=O) groups is 2. The van der Waals surface area contributed by atoms with E-state index in [1.165, 1.54) is 11.1 Å². The summed E-state index contributed by atoms with van der Waals surface area (Å²) in [6.45, 7) is 5.10. The summed E-state index contributed by atoms with van der Waals surface area (Å²) in [4.78, 5) is 34.7. The number of urea groups is 1. The average Bonchev–Trinajstić information content (AvgIpc) is 3.20. The van der Waals surface area contributed by atoms with Gasteiger partial charge in [0.25, 0.3) is 0 Å². The molecule has 5 rings (SSSR count). The number of amides is 3. The molecule has 3 aromatic rings. The number of hydrogen-bond acceptors (Lipinski definition) is 3. The van der Waals surface area contributed by atoms with Crippen LogP contribution in [0, 0.1) is 0 Å². The summed E-state index contributed by atoms with van der Waals surface area (Å²) in [7, 11) is 0. The van der Waals surface area contributed by atoms with Gasteiger partial charge in [0.1, 0.15) is 0 Å². The Labute approximate surface area is 198 Å². The Balaban J connectivity index is 1.10. The van der Waals surface area contributed by atoms with Gasteiger partial charge in [-0.1, -0.05) is 41.9 Å². The highest BCUT2D eigenvalue weighted by Gasteiger charge is 2.26. The van der Waals surface area contributed by atoms with Crippen LogP contribution in [0.3, 0.4) is 0 Å². The summed E-state index contributed by atoms with van der Waals surface area (Å²) in [6, 6.07) is 16.0. The van der Waals surface area contributed by atoms with Gasteiger partial charge in [0.15, 0.2) is 0 Å². The number of halogens is 1. The molecule has 8 heteroatoms. The molecule has 0 spiro atoms. The van der Waals surface area contributed by atoms with Crippen molar-refractivity contribution in [3.63, 3.8) is 0 Å². The van der Waals surface area contributed by atoms with E-state index in [1.807, 2.05) is 29.2 Å². The Bertz CT molecular complexity index is 1150. The van der Waals surface area contributed by atoms with Crippen LogP contribution in [0.15, 0.2) is 48.5 Å². The topological polar surface area (TPSA) is 71.7 Å². The number of nitrogens with one attached hydrogen (secondary N) is 2. The van der Waals surface area contributed by atoms with Gasteiger partial charge in [-0.25, -0.2) is 4.79 Å². The molecule has 172 valence electrons. The van der Waals surface area contributed by atoms with E-state index in [2.05, 4.69) is 39.5 Å². The predicted molar refractivity (Wildman–Crippen MR) is 129 cm³/mol. The molecule has 2 aliphatic rings. The molecular weight excluding hydrogens is 438 g/mol. The first-order valence-corrected chi connectivity index (χ1v) is 11.8. The molecule has 0 saturated carbocycles. The van der Waals surface area contributed by atoms with Gasteiger partial charge in [0.05, 0.1) is 13.1 Å². The Hall–Kier alpha value is -3.03. The molecule has 2 N–H and O–H groups in total. The summed E-state index contributed by atoms with van der Waals surface area (Å²) in [5, 5.41) is 4.66. The van der Waals surface area contributed by atoms with Crippen molar-refractivity contribution in [3.05, 3.63) is 70.4 Å². The van der Waals surface area contributed by atoms with Gasteiger partial charge >= 0.3 is 6.03 Å². The van der Waals surface area contributed by atoms with Gasteiger partial charge in [-0.2, -0.15) is 0 Å². The summed E-state index contributed by atoms with van der Waals surface area (Å²) in [6.07, 6.45) is 0.764. The fourth-order valence-corrected chi connectivity index (χ4v) is 4.93. The number of aromatic amines is 1. The number of H-pyrrole nitrogens is 1. The van der Waals surface area contributed by atoms with Crippen molar-refractivity contribution < 1.29 is 9.59 Å². The third-order valence-electron chi connectivity index (χ3n) is 6.59.